The molecule has 130 valence electrons. The van der Waals surface area contributed by atoms with E-state index in [1.54, 1.807) is 0 Å². The Bertz CT molecular complexity index is 717. The van der Waals surface area contributed by atoms with Gasteiger partial charge in [0.05, 0.1) is 5.56 Å². The summed E-state index contributed by atoms with van der Waals surface area (Å²) in [5, 5.41) is 0.718. The molecule has 0 atom stereocenters. The van der Waals surface area contributed by atoms with Crippen LogP contribution in [0.4, 0.5) is 0 Å². The van der Waals surface area contributed by atoms with Gasteiger partial charge in [-0.3, -0.25) is 0 Å². The van der Waals surface area contributed by atoms with Gasteiger partial charge in [0.15, 0.2) is 5.82 Å². The van der Waals surface area contributed by atoms with Crippen LogP contribution in [0.15, 0.2) is 36.7 Å². The highest BCUT2D eigenvalue weighted by molar-refractivity contribution is 6.30. The van der Waals surface area contributed by atoms with Crippen LogP contribution in [0.3, 0.4) is 0 Å². The topological polar surface area (TPSA) is 25.8 Å². The lowest BCUT2D eigenvalue weighted by Crippen LogP contribution is -2.13. The summed E-state index contributed by atoms with van der Waals surface area (Å²) in [5.41, 5.74) is 1.86. The molecule has 1 fully saturated rings. The normalized spacial score (nSPS) is 19.9. The van der Waals surface area contributed by atoms with E-state index in [2.05, 4.69) is 28.7 Å². The monoisotopic (exact) mass is 352 g/mol. The predicted molar refractivity (Wildman–Crippen MR) is 104 cm³/mol. The van der Waals surface area contributed by atoms with E-state index < -0.39 is 0 Å². The molecule has 0 saturated heterocycles. The first-order chi connectivity index (χ1) is 12.2. The minimum absolute atomic E-state index is 0.536. The molecule has 25 heavy (non-hydrogen) atoms. The molecular formula is C22H25ClN2. The van der Waals surface area contributed by atoms with E-state index in [0.717, 1.165) is 22.1 Å². The Morgan fingerprint density at radius 1 is 1.04 bits per heavy atom. The molecule has 0 amide bonds. The zero-order chi connectivity index (χ0) is 17.5. The molecule has 0 N–H and O–H groups in total. The second-order valence-corrected chi connectivity index (χ2v) is 7.37. The van der Waals surface area contributed by atoms with E-state index in [4.69, 9.17) is 11.6 Å². The van der Waals surface area contributed by atoms with E-state index in [1.807, 2.05) is 36.7 Å². The summed E-state index contributed by atoms with van der Waals surface area (Å²) in [6.45, 7) is 2.28. The maximum atomic E-state index is 5.91. The van der Waals surface area contributed by atoms with Crippen molar-refractivity contribution in [2.75, 3.05) is 0 Å². The maximum Gasteiger partial charge on any atom is 0.159 e. The van der Waals surface area contributed by atoms with Crippen LogP contribution < -0.4 is 0 Å². The quantitative estimate of drug-likeness (QED) is 0.617. The maximum absolute atomic E-state index is 5.91. The van der Waals surface area contributed by atoms with E-state index in [1.165, 1.54) is 44.9 Å². The fourth-order valence-corrected chi connectivity index (χ4v) is 3.54. The predicted octanol–water partition coefficient (Wildman–Crippen LogP) is 6.15. The Balaban J connectivity index is 1.56. The number of unbranched alkanes of at least 4 members (excludes halogenated alkanes) is 1. The van der Waals surface area contributed by atoms with Crippen molar-refractivity contribution < 1.29 is 0 Å². The van der Waals surface area contributed by atoms with Gasteiger partial charge in [0.25, 0.3) is 0 Å². The summed E-state index contributed by atoms with van der Waals surface area (Å²) < 4.78 is 0. The zero-order valence-corrected chi connectivity index (χ0v) is 15.6. The second kappa shape index (κ2) is 9.02. The van der Waals surface area contributed by atoms with Crippen LogP contribution in [0.1, 0.15) is 57.4 Å². The van der Waals surface area contributed by atoms with Crippen molar-refractivity contribution in [3.05, 3.63) is 47.2 Å². The SMILES string of the molecule is CCCC[C@H]1CC[C@H](C#Cc2cnc(-c3ccc(Cl)cc3)nc2)CC1. The molecule has 1 aliphatic rings. The van der Waals surface area contributed by atoms with Gasteiger partial charge < -0.3 is 0 Å². The smallest absolute Gasteiger partial charge is 0.159 e. The van der Waals surface area contributed by atoms with Crippen LogP contribution in [0.5, 0.6) is 0 Å². The van der Waals surface area contributed by atoms with Gasteiger partial charge in [0, 0.05) is 28.9 Å². The number of halogens is 1. The molecular weight excluding hydrogens is 328 g/mol. The van der Waals surface area contributed by atoms with Gasteiger partial charge in [-0.1, -0.05) is 49.6 Å². The van der Waals surface area contributed by atoms with Gasteiger partial charge in [0.1, 0.15) is 0 Å². The molecule has 1 saturated carbocycles. The van der Waals surface area contributed by atoms with Gasteiger partial charge in [-0.2, -0.15) is 0 Å². The van der Waals surface area contributed by atoms with E-state index in [9.17, 15) is 0 Å². The third-order valence-electron chi connectivity index (χ3n) is 4.99. The molecule has 2 aromatic rings. The fourth-order valence-electron chi connectivity index (χ4n) is 3.41. The summed E-state index contributed by atoms with van der Waals surface area (Å²) in [4.78, 5) is 8.86. The molecule has 0 aliphatic heterocycles. The van der Waals surface area contributed by atoms with Crippen LogP contribution in [0, 0.1) is 23.7 Å². The van der Waals surface area contributed by atoms with Gasteiger partial charge in [-0.05, 0) is 55.9 Å². The van der Waals surface area contributed by atoms with Gasteiger partial charge in [0.2, 0.25) is 0 Å². The van der Waals surface area contributed by atoms with Crippen LogP contribution >= 0.6 is 11.6 Å². The summed E-state index contributed by atoms with van der Waals surface area (Å²) in [6.07, 6.45) is 12.9. The van der Waals surface area contributed by atoms with Gasteiger partial charge in [-0.25, -0.2) is 9.97 Å². The number of rotatable bonds is 4. The van der Waals surface area contributed by atoms with Crippen molar-refractivity contribution in [2.24, 2.45) is 11.8 Å². The Labute approximate surface area is 156 Å². The van der Waals surface area contributed by atoms with Crippen molar-refractivity contribution >= 4 is 11.6 Å². The van der Waals surface area contributed by atoms with Crippen molar-refractivity contribution in [1.82, 2.24) is 9.97 Å². The first kappa shape index (κ1) is 18.0. The molecule has 0 bridgehead atoms. The average Bonchev–Trinajstić information content (AvgIpc) is 2.67. The van der Waals surface area contributed by atoms with E-state index >= 15 is 0 Å². The Kier molecular flexibility index (Phi) is 6.48. The largest absolute Gasteiger partial charge is 0.235 e. The molecule has 1 heterocycles. The minimum Gasteiger partial charge on any atom is -0.235 e. The Hall–Kier alpha value is -1.85. The minimum atomic E-state index is 0.536. The molecule has 3 heteroatoms. The highest BCUT2D eigenvalue weighted by Gasteiger charge is 2.19. The second-order valence-electron chi connectivity index (χ2n) is 6.93. The van der Waals surface area contributed by atoms with E-state index in [-0.39, 0.29) is 0 Å². The van der Waals surface area contributed by atoms with Gasteiger partial charge >= 0.3 is 0 Å². The molecule has 1 aromatic carbocycles. The van der Waals surface area contributed by atoms with Crippen LogP contribution in [-0.4, -0.2) is 9.97 Å². The van der Waals surface area contributed by atoms with Crippen LogP contribution in [0.25, 0.3) is 11.4 Å². The number of benzene rings is 1. The average molecular weight is 353 g/mol. The molecule has 2 nitrogen and oxygen atoms in total. The molecule has 0 spiro atoms. The van der Waals surface area contributed by atoms with Crippen LogP contribution in [0.2, 0.25) is 5.02 Å². The van der Waals surface area contributed by atoms with Crippen molar-refractivity contribution in [1.29, 1.82) is 0 Å². The van der Waals surface area contributed by atoms with Crippen molar-refractivity contribution in [3.8, 4) is 23.2 Å². The highest BCUT2D eigenvalue weighted by Crippen LogP contribution is 2.31. The van der Waals surface area contributed by atoms with Crippen molar-refractivity contribution in [2.45, 2.75) is 51.9 Å². The summed E-state index contributed by atoms with van der Waals surface area (Å²) >= 11 is 5.91. The molecule has 0 unspecified atom stereocenters. The standard InChI is InChI=1S/C22H25ClN2/c1-2-3-4-17-5-7-18(8-6-17)9-10-19-15-24-22(25-16-19)20-11-13-21(23)14-12-20/h11-18H,2-8H2,1H3/t17-,18-. The third kappa shape index (κ3) is 5.31. The molecule has 0 radical (unpaired) electrons. The Morgan fingerprint density at radius 3 is 2.36 bits per heavy atom. The first-order valence-corrected chi connectivity index (χ1v) is 9.72. The molecule has 1 aliphatic carbocycles. The third-order valence-corrected chi connectivity index (χ3v) is 5.24. The summed E-state index contributed by atoms with van der Waals surface area (Å²) in [5.74, 6) is 8.87. The first-order valence-electron chi connectivity index (χ1n) is 9.34. The number of hydrogen-bond donors (Lipinski definition) is 0. The lowest BCUT2D eigenvalue weighted by molar-refractivity contribution is 0.296. The number of nitrogens with zero attached hydrogens (tertiary/aromatic N) is 2. The Morgan fingerprint density at radius 2 is 1.72 bits per heavy atom. The number of hydrogen-bond acceptors (Lipinski definition) is 2. The number of aromatic nitrogens is 2. The van der Waals surface area contributed by atoms with Gasteiger partial charge in [-0.15, -0.1) is 0 Å². The lowest BCUT2D eigenvalue weighted by Gasteiger charge is -2.25. The van der Waals surface area contributed by atoms with E-state index in [0.29, 0.717) is 11.7 Å². The lowest BCUT2D eigenvalue weighted by atomic mass is 9.80. The highest BCUT2D eigenvalue weighted by atomic mass is 35.5. The zero-order valence-electron chi connectivity index (χ0n) is 14.8. The van der Waals surface area contributed by atoms with Crippen LogP contribution in [-0.2, 0) is 0 Å². The summed E-state index contributed by atoms with van der Waals surface area (Å²) in [7, 11) is 0. The fraction of sp³-hybridized carbons (Fsp3) is 0.455. The summed E-state index contributed by atoms with van der Waals surface area (Å²) in [6, 6.07) is 7.57. The van der Waals surface area contributed by atoms with Crippen molar-refractivity contribution in [3.63, 3.8) is 0 Å². The molecule has 3 rings (SSSR count). The molecule has 1 aromatic heterocycles.